The van der Waals surface area contributed by atoms with Crippen molar-refractivity contribution in [3.8, 4) is 11.5 Å². The molecule has 1 N–H and O–H groups in total. The van der Waals surface area contributed by atoms with Crippen molar-refractivity contribution in [2.75, 3.05) is 7.05 Å². The number of ether oxygens (including phenoxy) is 1. The molecule has 2 aromatic carbocycles. The number of amides is 1. The Labute approximate surface area is 148 Å². The van der Waals surface area contributed by atoms with Crippen LogP contribution in [-0.2, 0) is 0 Å². The van der Waals surface area contributed by atoms with Gasteiger partial charge >= 0.3 is 12.4 Å². The zero-order chi connectivity index (χ0) is 20.4. The van der Waals surface area contributed by atoms with E-state index in [4.69, 9.17) is 4.74 Å². The first-order valence-electron chi connectivity index (χ1n) is 7.36. The van der Waals surface area contributed by atoms with Gasteiger partial charge in [-0.2, -0.15) is 26.3 Å². The molecule has 0 saturated carbocycles. The summed E-state index contributed by atoms with van der Waals surface area (Å²) in [6.45, 7) is 0. The number of hydrogen-bond acceptors (Lipinski definition) is 2. The molecule has 3 nitrogen and oxygen atoms in total. The molecular weight excluding hydrogens is 383 g/mol. The van der Waals surface area contributed by atoms with E-state index in [0.717, 1.165) is 24.3 Å². The van der Waals surface area contributed by atoms with E-state index in [2.05, 4.69) is 5.32 Å². The van der Waals surface area contributed by atoms with Gasteiger partial charge in [0, 0.05) is 12.6 Å². The molecular formula is C17H12F7NO2. The van der Waals surface area contributed by atoms with Crippen molar-refractivity contribution in [3.05, 3.63) is 59.4 Å². The highest BCUT2D eigenvalue weighted by Gasteiger charge is 2.57. The first-order valence-corrected chi connectivity index (χ1v) is 7.36. The van der Waals surface area contributed by atoms with Crippen molar-refractivity contribution >= 4 is 5.91 Å². The molecule has 2 aromatic rings. The van der Waals surface area contributed by atoms with Gasteiger partial charge in [-0.1, -0.05) is 12.1 Å². The second-order valence-corrected chi connectivity index (χ2v) is 5.41. The first-order chi connectivity index (χ1) is 12.4. The third-order valence-electron chi connectivity index (χ3n) is 3.52. The number of benzene rings is 2. The molecule has 0 fully saturated rings. The highest BCUT2D eigenvalue weighted by Crippen LogP contribution is 2.46. The number of carbonyl (C=O) groups is 1. The SMILES string of the molecule is CNC(=O)c1ccc(Oc2ccc(C(C(F)(F)F)C(F)(F)F)cc2)c(F)c1. The van der Waals surface area contributed by atoms with E-state index in [1.54, 1.807) is 0 Å². The number of rotatable bonds is 4. The minimum atomic E-state index is -5.51. The Bertz CT molecular complexity index is 800. The Morgan fingerprint density at radius 2 is 1.52 bits per heavy atom. The summed E-state index contributed by atoms with van der Waals surface area (Å²) in [6.07, 6.45) is -11.0. The van der Waals surface area contributed by atoms with Crippen LogP contribution < -0.4 is 10.1 Å². The number of nitrogens with one attached hydrogen (secondary N) is 1. The van der Waals surface area contributed by atoms with Gasteiger partial charge in [0.1, 0.15) is 5.75 Å². The van der Waals surface area contributed by atoms with Crippen molar-refractivity contribution in [3.63, 3.8) is 0 Å². The molecule has 1 amide bonds. The van der Waals surface area contributed by atoms with E-state index in [-0.39, 0.29) is 17.1 Å². The Morgan fingerprint density at radius 3 is 1.96 bits per heavy atom. The molecule has 0 aliphatic rings. The lowest BCUT2D eigenvalue weighted by molar-refractivity contribution is -0.253. The van der Waals surface area contributed by atoms with E-state index in [1.807, 2.05) is 0 Å². The van der Waals surface area contributed by atoms with Crippen molar-refractivity contribution in [1.29, 1.82) is 0 Å². The van der Waals surface area contributed by atoms with Crippen LogP contribution in [0, 0.1) is 5.82 Å². The van der Waals surface area contributed by atoms with Crippen molar-refractivity contribution in [2.45, 2.75) is 18.3 Å². The van der Waals surface area contributed by atoms with Crippen molar-refractivity contribution in [2.24, 2.45) is 0 Å². The van der Waals surface area contributed by atoms with E-state index >= 15 is 0 Å². The average Bonchev–Trinajstić information content (AvgIpc) is 2.55. The van der Waals surface area contributed by atoms with Gasteiger partial charge in [0.05, 0.1) is 0 Å². The quantitative estimate of drug-likeness (QED) is 0.724. The van der Waals surface area contributed by atoms with Gasteiger partial charge in [0.25, 0.3) is 5.91 Å². The fourth-order valence-electron chi connectivity index (χ4n) is 2.29. The summed E-state index contributed by atoms with van der Waals surface area (Å²) < 4.78 is 95.3. The number of alkyl halides is 6. The second kappa shape index (κ2) is 7.45. The molecule has 0 aromatic heterocycles. The molecule has 0 unspecified atom stereocenters. The molecule has 0 saturated heterocycles. The van der Waals surface area contributed by atoms with Crippen LogP contribution in [0.15, 0.2) is 42.5 Å². The Kier molecular flexibility index (Phi) is 5.67. The van der Waals surface area contributed by atoms with Gasteiger partial charge in [-0.15, -0.1) is 0 Å². The minimum Gasteiger partial charge on any atom is -0.454 e. The van der Waals surface area contributed by atoms with Crippen LogP contribution in [0.3, 0.4) is 0 Å². The Morgan fingerprint density at radius 1 is 0.963 bits per heavy atom. The van der Waals surface area contributed by atoms with Gasteiger partial charge in [0.15, 0.2) is 17.5 Å². The lowest BCUT2D eigenvalue weighted by Crippen LogP contribution is -2.34. The van der Waals surface area contributed by atoms with Crippen LogP contribution in [0.4, 0.5) is 30.7 Å². The molecule has 2 rings (SSSR count). The monoisotopic (exact) mass is 395 g/mol. The molecule has 0 heterocycles. The lowest BCUT2D eigenvalue weighted by Gasteiger charge is -2.23. The highest BCUT2D eigenvalue weighted by atomic mass is 19.4. The highest BCUT2D eigenvalue weighted by molar-refractivity contribution is 5.94. The predicted molar refractivity (Wildman–Crippen MR) is 81.2 cm³/mol. The summed E-state index contributed by atoms with van der Waals surface area (Å²) in [7, 11) is 1.35. The van der Waals surface area contributed by atoms with E-state index in [9.17, 15) is 35.5 Å². The Balaban J connectivity index is 2.24. The molecule has 0 aliphatic carbocycles. The zero-order valence-electron chi connectivity index (χ0n) is 13.6. The standard InChI is InChI=1S/C17H12F7NO2/c1-25-15(26)10-4-7-13(12(18)8-10)27-11-5-2-9(3-6-11)14(16(19,20)21)17(22,23)24/h2-8,14H,1H3,(H,25,26). The Hall–Kier alpha value is -2.78. The summed E-state index contributed by atoms with van der Waals surface area (Å²) in [4.78, 5) is 11.4. The molecule has 0 spiro atoms. The summed E-state index contributed by atoms with van der Waals surface area (Å²) in [5, 5.41) is 2.29. The largest absolute Gasteiger partial charge is 0.454 e. The smallest absolute Gasteiger partial charge is 0.404 e. The number of halogens is 7. The molecule has 0 atom stereocenters. The van der Waals surface area contributed by atoms with Crippen LogP contribution in [0.1, 0.15) is 21.8 Å². The fourth-order valence-corrected chi connectivity index (χ4v) is 2.29. The maximum Gasteiger partial charge on any atom is 0.404 e. The third-order valence-corrected chi connectivity index (χ3v) is 3.52. The van der Waals surface area contributed by atoms with Crippen LogP contribution in [0.5, 0.6) is 11.5 Å². The first kappa shape index (κ1) is 20.5. The summed E-state index contributed by atoms with van der Waals surface area (Å²) in [5.74, 6) is -5.63. The maximum absolute atomic E-state index is 13.9. The molecule has 0 aliphatic heterocycles. The van der Waals surface area contributed by atoms with E-state index < -0.39 is 35.6 Å². The molecule has 0 radical (unpaired) electrons. The van der Waals surface area contributed by atoms with Crippen LogP contribution in [-0.4, -0.2) is 25.3 Å². The zero-order valence-corrected chi connectivity index (χ0v) is 13.6. The summed E-state index contributed by atoms with van der Waals surface area (Å²) >= 11 is 0. The molecule has 27 heavy (non-hydrogen) atoms. The van der Waals surface area contributed by atoms with Gasteiger partial charge in [-0.3, -0.25) is 4.79 Å². The van der Waals surface area contributed by atoms with Gasteiger partial charge in [-0.25, -0.2) is 4.39 Å². The van der Waals surface area contributed by atoms with Gasteiger partial charge in [-0.05, 0) is 35.9 Å². The maximum atomic E-state index is 13.9. The second-order valence-electron chi connectivity index (χ2n) is 5.41. The summed E-state index contributed by atoms with van der Waals surface area (Å²) in [6, 6.07) is 6.19. The van der Waals surface area contributed by atoms with Gasteiger partial charge < -0.3 is 10.1 Å². The molecule has 10 heteroatoms. The summed E-state index contributed by atoms with van der Waals surface area (Å²) in [5.41, 5.74) is -1.01. The molecule has 0 bridgehead atoms. The normalized spacial score (nSPS) is 12.2. The van der Waals surface area contributed by atoms with E-state index in [1.165, 1.54) is 13.1 Å². The minimum absolute atomic E-state index is 0.0101. The third kappa shape index (κ3) is 4.89. The predicted octanol–water partition coefficient (Wildman–Crippen LogP) is 5.19. The van der Waals surface area contributed by atoms with Crippen molar-refractivity contribution in [1.82, 2.24) is 5.32 Å². The fraction of sp³-hybridized carbons (Fsp3) is 0.235. The van der Waals surface area contributed by atoms with Crippen LogP contribution in [0.2, 0.25) is 0 Å². The average molecular weight is 395 g/mol. The van der Waals surface area contributed by atoms with E-state index in [0.29, 0.717) is 12.1 Å². The lowest BCUT2D eigenvalue weighted by atomic mass is 9.98. The molecule has 146 valence electrons. The topological polar surface area (TPSA) is 38.3 Å². The van der Waals surface area contributed by atoms with Crippen LogP contribution >= 0.6 is 0 Å². The number of carbonyl (C=O) groups excluding carboxylic acids is 1. The van der Waals surface area contributed by atoms with Crippen LogP contribution in [0.25, 0.3) is 0 Å². The number of hydrogen-bond donors (Lipinski definition) is 1. The van der Waals surface area contributed by atoms with Crippen molar-refractivity contribution < 1.29 is 40.3 Å². The van der Waals surface area contributed by atoms with Gasteiger partial charge in [0.2, 0.25) is 0 Å².